The van der Waals surface area contributed by atoms with Crippen LogP contribution in [-0.4, -0.2) is 20.8 Å². The molecule has 0 spiro atoms. The van der Waals surface area contributed by atoms with E-state index >= 15 is 0 Å². The number of rotatable bonds is 8. The van der Waals surface area contributed by atoms with Gasteiger partial charge in [0.15, 0.2) is 0 Å². The van der Waals surface area contributed by atoms with Crippen LogP contribution in [0.3, 0.4) is 0 Å². The van der Waals surface area contributed by atoms with Crippen molar-refractivity contribution in [2.75, 3.05) is 6.61 Å². The second kappa shape index (κ2) is 7.97. The van der Waals surface area contributed by atoms with E-state index < -0.39 is 10.1 Å². The lowest BCUT2D eigenvalue weighted by molar-refractivity contribution is -0.116. The molecule has 0 bridgehead atoms. The third-order valence-corrected chi connectivity index (χ3v) is 4.58. The summed E-state index contributed by atoms with van der Waals surface area (Å²) in [5.74, 6) is 0.954. The fourth-order valence-corrected chi connectivity index (χ4v) is 3.01. The second-order valence-electron chi connectivity index (χ2n) is 5.29. The van der Waals surface area contributed by atoms with Crippen LogP contribution in [0, 0.1) is 0 Å². The van der Waals surface area contributed by atoms with Crippen molar-refractivity contribution >= 4 is 15.9 Å². The highest BCUT2D eigenvalue weighted by Gasteiger charge is 2.16. The highest BCUT2D eigenvalue weighted by atomic mass is 32.2. The number of benzene rings is 2. The van der Waals surface area contributed by atoms with Gasteiger partial charge in [0, 0.05) is 6.42 Å². The molecular weight excluding hydrogens is 328 g/mol. The topological polar surface area (TPSA) is 69.7 Å². The lowest BCUT2D eigenvalue weighted by Crippen LogP contribution is -2.09. The Morgan fingerprint density at radius 2 is 1.54 bits per heavy atom. The van der Waals surface area contributed by atoms with Gasteiger partial charge >= 0.3 is 10.1 Å². The molecule has 0 aliphatic rings. The Bertz CT molecular complexity index is 777. The molecular formula is C18H20O5S. The number of ketones is 1. The summed E-state index contributed by atoms with van der Waals surface area (Å²) < 4.78 is 34.9. The summed E-state index contributed by atoms with van der Waals surface area (Å²) in [6.45, 7) is 3.91. The maximum Gasteiger partial charge on any atom is 0.339 e. The Labute approximate surface area is 142 Å². The summed E-state index contributed by atoms with van der Waals surface area (Å²) in [7, 11) is -3.89. The van der Waals surface area contributed by atoms with Gasteiger partial charge < -0.3 is 13.7 Å². The molecule has 0 atom stereocenters. The molecule has 0 fully saturated rings. The van der Waals surface area contributed by atoms with Crippen molar-refractivity contribution in [1.29, 1.82) is 0 Å². The number of aryl methyl sites for hydroxylation is 1. The highest BCUT2D eigenvalue weighted by molar-refractivity contribution is 7.87. The number of Topliss-reactive ketones (excluding diaryl/α,β-unsaturated/α-hetero) is 1. The summed E-state index contributed by atoms with van der Waals surface area (Å²) >= 11 is 0. The van der Waals surface area contributed by atoms with Crippen molar-refractivity contribution in [1.82, 2.24) is 0 Å². The number of carbonyl (C=O) groups excluding carboxylic acids is 1. The van der Waals surface area contributed by atoms with Crippen LogP contribution < -0.4 is 8.92 Å². The van der Waals surface area contributed by atoms with Crippen LogP contribution in [0.4, 0.5) is 0 Å². The van der Waals surface area contributed by atoms with Gasteiger partial charge in [-0.25, -0.2) is 0 Å². The van der Waals surface area contributed by atoms with Gasteiger partial charge in [-0.1, -0.05) is 12.1 Å². The first-order chi connectivity index (χ1) is 11.4. The van der Waals surface area contributed by atoms with Crippen molar-refractivity contribution < 1.29 is 22.1 Å². The van der Waals surface area contributed by atoms with E-state index in [0.717, 1.165) is 5.56 Å². The Hall–Kier alpha value is -2.34. The van der Waals surface area contributed by atoms with Gasteiger partial charge in [0.1, 0.15) is 22.2 Å². The smallest absolute Gasteiger partial charge is 0.339 e. The lowest BCUT2D eigenvalue weighted by Gasteiger charge is -2.09. The fraction of sp³-hybridized carbons (Fsp3) is 0.278. The summed E-state index contributed by atoms with van der Waals surface area (Å²) in [5, 5.41) is 0. The van der Waals surface area contributed by atoms with Crippen molar-refractivity contribution in [3.8, 4) is 11.5 Å². The molecule has 2 aromatic carbocycles. The van der Waals surface area contributed by atoms with E-state index in [-0.39, 0.29) is 16.4 Å². The van der Waals surface area contributed by atoms with Gasteiger partial charge in [0.05, 0.1) is 6.61 Å². The highest BCUT2D eigenvalue weighted by Crippen LogP contribution is 2.21. The molecule has 24 heavy (non-hydrogen) atoms. The molecule has 0 N–H and O–H groups in total. The average Bonchev–Trinajstić information content (AvgIpc) is 2.55. The monoisotopic (exact) mass is 348 g/mol. The minimum absolute atomic E-state index is 0.0617. The Balaban J connectivity index is 2.06. The van der Waals surface area contributed by atoms with E-state index in [1.165, 1.54) is 12.1 Å². The largest absolute Gasteiger partial charge is 0.494 e. The molecule has 0 radical (unpaired) electrons. The number of ether oxygens (including phenoxy) is 1. The van der Waals surface area contributed by atoms with Crippen molar-refractivity contribution in [2.24, 2.45) is 0 Å². The Morgan fingerprint density at radius 1 is 0.958 bits per heavy atom. The summed E-state index contributed by atoms with van der Waals surface area (Å²) in [5.41, 5.74) is 0.955. The molecule has 0 unspecified atom stereocenters. The Kier molecular flexibility index (Phi) is 5.98. The summed E-state index contributed by atoms with van der Waals surface area (Å²) in [4.78, 5) is 11.0. The van der Waals surface area contributed by atoms with Gasteiger partial charge in [-0.2, -0.15) is 8.42 Å². The third-order valence-electron chi connectivity index (χ3n) is 3.32. The fourth-order valence-electron chi connectivity index (χ4n) is 2.08. The number of hydrogen-bond acceptors (Lipinski definition) is 5. The normalized spacial score (nSPS) is 11.1. The van der Waals surface area contributed by atoms with Gasteiger partial charge in [-0.3, -0.25) is 0 Å². The predicted molar refractivity (Wildman–Crippen MR) is 90.9 cm³/mol. The van der Waals surface area contributed by atoms with Gasteiger partial charge in [0.2, 0.25) is 0 Å². The van der Waals surface area contributed by atoms with Gasteiger partial charge in [-0.15, -0.1) is 0 Å². The maximum atomic E-state index is 12.3. The molecule has 0 heterocycles. The zero-order valence-electron chi connectivity index (χ0n) is 13.7. The third kappa shape index (κ3) is 5.09. The minimum Gasteiger partial charge on any atom is -0.494 e. The van der Waals surface area contributed by atoms with E-state index in [9.17, 15) is 13.2 Å². The molecule has 0 saturated heterocycles. The molecule has 6 heteroatoms. The zero-order chi connectivity index (χ0) is 17.6. The molecule has 0 aliphatic carbocycles. The minimum atomic E-state index is -3.89. The molecule has 2 aromatic rings. The quantitative estimate of drug-likeness (QED) is 0.684. The van der Waals surface area contributed by atoms with E-state index in [0.29, 0.717) is 25.2 Å². The molecule has 2 rings (SSSR count). The summed E-state index contributed by atoms with van der Waals surface area (Å²) in [6, 6.07) is 12.7. The van der Waals surface area contributed by atoms with Gasteiger partial charge in [-0.05, 0) is 62.2 Å². The molecule has 5 nitrogen and oxygen atoms in total. The van der Waals surface area contributed by atoms with E-state index in [1.807, 2.05) is 6.92 Å². The maximum absolute atomic E-state index is 12.3. The van der Waals surface area contributed by atoms with Crippen LogP contribution in [0.1, 0.15) is 25.8 Å². The van der Waals surface area contributed by atoms with Crippen LogP contribution in [0.15, 0.2) is 53.4 Å². The summed E-state index contributed by atoms with van der Waals surface area (Å²) in [6.07, 6.45) is 1.09. The number of hydrogen-bond donors (Lipinski definition) is 0. The van der Waals surface area contributed by atoms with Crippen LogP contribution in [0.25, 0.3) is 0 Å². The predicted octanol–water partition coefficient (Wildman–Crippen LogP) is 3.37. The van der Waals surface area contributed by atoms with E-state index in [2.05, 4.69) is 0 Å². The van der Waals surface area contributed by atoms with Crippen LogP contribution in [-0.2, 0) is 21.3 Å². The SMILES string of the molecule is CCOc1ccc(S(=O)(=O)Oc2ccc(CCC(C)=O)cc2)cc1. The van der Waals surface area contributed by atoms with Crippen molar-refractivity contribution in [3.05, 3.63) is 54.1 Å². The zero-order valence-corrected chi connectivity index (χ0v) is 14.5. The lowest BCUT2D eigenvalue weighted by atomic mass is 10.1. The van der Waals surface area contributed by atoms with Crippen LogP contribution in [0.2, 0.25) is 0 Å². The average molecular weight is 348 g/mol. The molecule has 128 valence electrons. The second-order valence-corrected chi connectivity index (χ2v) is 6.83. The first-order valence-electron chi connectivity index (χ1n) is 7.66. The number of carbonyl (C=O) groups is 1. The van der Waals surface area contributed by atoms with Gasteiger partial charge in [0.25, 0.3) is 0 Å². The van der Waals surface area contributed by atoms with Crippen LogP contribution in [0.5, 0.6) is 11.5 Å². The standard InChI is InChI=1S/C18H20O5S/c1-3-22-16-10-12-18(13-11-16)24(20,21)23-17-8-6-15(7-9-17)5-4-14(2)19/h6-13H,3-5H2,1-2H3. The molecule has 0 aromatic heterocycles. The molecule has 0 aliphatic heterocycles. The first kappa shape index (κ1) is 18.0. The first-order valence-corrected chi connectivity index (χ1v) is 9.07. The van der Waals surface area contributed by atoms with E-state index in [1.54, 1.807) is 43.3 Å². The molecule has 0 amide bonds. The molecule has 0 saturated carbocycles. The Morgan fingerprint density at radius 3 is 2.08 bits per heavy atom. The van der Waals surface area contributed by atoms with Crippen molar-refractivity contribution in [2.45, 2.75) is 31.6 Å². The van der Waals surface area contributed by atoms with Crippen molar-refractivity contribution in [3.63, 3.8) is 0 Å². The van der Waals surface area contributed by atoms with E-state index in [4.69, 9.17) is 8.92 Å². The van der Waals surface area contributed by atoms with Crippen LogP contribution >= 0.6 is 0 Å².